The Morgan fingerprint density at radius 2 is 1.91 bits per heavy atom. The maximum absolute atomic E-state index is 10.8. The molecule has 0 amide bonds. The number of hydrogen-bond donors (Lipinski definition) is 1. The molecule has 3 atom stereocenters. The van der Waals surface area contributed by atoms with Crippen LogP contribution in [0.5, 0.6) is 0 Å². The molecule has 1 aliphatic rings. The monoisotopic (exact) mass is 307 g/mol. The summed E-state index contributed by atoms with van der Waals surface area (Å²) in [4.78, 5) is 4.07. The van der Waals surface area contributed by atoms with Gasteiger partial charge in [0.2, 0.25) is 0 Å². The van der Waals surface area contributed by atoms with E-state index in [-0.39, 0.29) is 11.5 Å². The average Bonchev–Trinajstić information content (AvgIpc) is 2.98. The van der Waals surface area contributed by atoms with Crippen LogP contribution in [0.3, 0.4) is 0 Å². The van der Waals surface area contributed by atoms with E-state index in [9.17, 15) is 5.11 Å². The molecule has 22 heavy (non-hydrogen) atoms. The van der Waals surface area contributed by atoms with E-state index in [0.29, 0.717) is 5.92 Å². The standard InChI is InChI=1S/C18H33N3O/c1-14(10-15-8-6-5-7-9-15)11-16(17(22)18(2,3)4)21-13-19-12-20-21/h12-17,22H,5-11H2,1-4H3. The van der Waals surface area contributed by atoms with Gasteiger partial charge in [-0.3, -0.25) is 0 Å². The Morgan fingerprint density at radius 1 is 1.23 bits per heavy atom. The van der Waals surface area contributed by atoms with Crippen molar-refractivity contribution in [1.29, 1.82) is 0 Å². The molecule has 1 aliphatic carbocycles. The Kier molecular flexibility index (Phi) is 6.01. The van der Waals surface area contributed by atoms with Gasteiger partial charge in [-0.1, -0.05) is 59.8 Å². The van der Waals surface area contributed by atoms with Crippen molar-refractivity contribution >= 4 is 0 Å². The molecule has 1 saturated carbocycles. The molecule has 1 fully saturated rings. The van der Waals surface area contributed by atoms with Gasteiger partial charge in [0.1, 0.15) is 12.7 Å². The van der Waals surface area contributed by atoms with Crippen LogP contribution in [0.4, 0.5) is 0 Å². The molecule has 0 saturated heterocycles. The molecule has 1 heterocycles. The molecule has 2 rings (SSSR count). The minimum atomic E-state index is -0.414. The third kappa shape index (κ3) is 4.80. The summed E-state index contributed by atoms with van der Waals surface area (Å²) in [6, 6.07) is 0.0149. The van der Waals surface area contributed by atoms with Crippen molar-refractivity contribution in [2.75, 3.05) is 0 Å². The normalized spacial score (nSPS) is 21.5. The summed E-state index contributed by atoms with van der Waals surface area (Å²) < 4.78 is 1.85. The van der Waals surface area contributed by atoms with Crippen LogP contribution in [0, 0.1) is 17.3 Å². The van der Waals surface area contributed by atoms with E-state index in [1.165, 1.54) is 38.5 Å². The zero-order chi connectivity index (χ0) is 16.2. The molecule has 0 aromatic carbocycles. The second-order valence-corrected chi connectivity index (χ2v) is 8.33. The molecule has 4 nitrogen and oxygen atoms in total. The second-order valence-electron chi connectivity index (χ2n) is 8.33. The maximum Gasteiger partial charge on any atom is 0.137 e. The lowest BCUT2D eigenvalue weighted by molar-refractivity contribution is 0.00299. The first-order valence-corrected chi connectivity index (χ1v) is 8.90. The third-order valence-corrected chi connectivity index (χ3v) is 5.13. The van der Waals surface area contributed by atoms with Crippen molar-refractivity contribution in [3.05, 3.63) is 12.7 Å². The van der Waals surface area contributed by atoms with Crippen LogP contribution in [0.1, 0.15) is 78.7 Å². The highest BCUT2D eigenvalue weighted by Gasteiger charge is 2.33. The lowest BCUT2D eigenvalue weighted by Gasteiger charge is -2.35. The van der Waals surface area contributed by atoms with Gasteiger partial charge in [-0.2, -0.15) is 5.10 Å². The highest BCUT2D eigenvalue weighted by atomic mass is 16.3. The zero-order valence-electron chi connectivity index (χ0n) is 14.7. The van der Waals surface area contributed by atoms with Crippen LogP contribution in [0.2, 0.25) is 0 Å². The minimum absolute atomic E-state index is 0.0149. The first kappa shape index (κ1) is 17.5. The Labute approximate surface area is 135 Å². The molecule has 0 bridgehead atoms. The van der Waals surface area contributed by atoms with Crippen molar-refractivity contribution in [1.82, 2.24) is 14.8 Å². The van der Waals surface area contributed by atoms with Crippen LogP contribution in [0.15, 0.2) is 12.7 Å². The summed E-state index contributed by atoms with van der Waals surface area (Å²) in [6.45, 7) is 8.60. The predicted molar refractivity (Wildman–Crippen MR) is 89.5 cm³/mol. The topological polar surface area (TPSA) is 50.9 Å². The minimum Gasteiger partial charge on any atom is -0.390 e. The van der Waals surface area contributed by atoms with E-state index >= 15 is 0 Å². The fourth-order valence-electron chi connectivity index (χ4n) is 3.85. The number of aromatic nitrogens is 3. The highest BCUT2D eigenvalue weighted by Crippen LogP contribution is 2.35. The quantitative estimate of drug-likeness (QED) is 0.856. The number of aliphatic hydroxyl groups excluding tert-OH is 1. The Balaban J connectivity index is 1.99. The van der Waals surface area contributed by atoms with Gasteiger partial charge in [0.05, 0.1) is 12.1 Å². The van der Waals surface area contributed by atoms with Gasteiger partial charge in [0, 0.05) is 0 Å². The lowest BCUT2D eigenvalue weighted by atomic mass is 9.78. The SMILES string of the molecule is CC(CC1CCCCC1)CC(C(O)C(C)(C)C)n1cncn1. The van der Waals surface area contributed by atoms with Crippen molar-refractivity contribution < 1.29 is 5.11 Å². The summed E-state index contributed by atoms with van der Waals surface area (Å²) in [6.07, 6.45) is 12.1. The van der Waals surface area contributed by atoms with E-state index in [0.717, 1.165) is 12.3 Å². The fourth-order valence-corrected chi connectivity index (χ4v) is 3.85. The fraction of sp³-hybridized carbons (Fsp3) is 0.889. The van der Waals surface area contributed by atoms with E-state index in [1.54, 1.807) is 12.7 Å². The summed E-state index contributed by atoms with van der Waals surface area (Å²) in [7, 11) is 0. The molecule has 0 radical (unpaired) electrons. The van der Waals surface area contributed by atoms with Gasteiger partial charge >= 0.3 is 0 Å². The summed E-state index contributed by atoms with van der Waals surface area (Å²) in [5, 5.41) is 15.1. The van der Waals surface area contributed by atoms with Crippen molar-refractivity contribution in [2.24, 2.45) is 17.3 Å². The molecule has 3 unspecified atom stereocenters. The van der Waals surface area contributed by atoms with Crippen molar-refractivity contribution in [3.63, 3.8) is 0 Å². The van der Waals surface area contributed by atoms with E-state index in [2.05, 4.69) is 37.8 Å². The molecule has 4 heteroatoms. The van der Waals surface area contributed by atoms with E-state index in [1.807, 2.05) is 4.68 Å². The van der Waals surface area contributed by atoms with Crippen molar-refractivity contribution in [3.8, 4) is 0 Å². The molecule has 1 N–H and O–H groups in total. The third-order valence-electron chi connectivity index (χ3n) is 5.13. The maximum atomic E-state index is 10.8. The summed E-state index contributed by atoms with van der Waals surface area (Å²) in [5.74, 6) is 1.49. The predicted octanol–water partition coefficient (Wildman–Crippen LogP) is 4.22. The molecule has 0 spiro atoms. The summed E-state index contributed by atoms with van der Waals surface area (Å²) >= 11 is 0. The molecule has 126 valence electrons. The van der Waals surface area contributed by atoms with Crippen LogP contribution < -0.4 is 0 Å². The van der Waals surface area contributed by atoms with Crippen LogP contribution in [0.25, 0.3) is 0 Å². The first-order valence-electron chi connectivity index (χ1n) is 8.90. The molecular weight excluding hydrogens is 274 g/mol. The van der Waals surface area contributed by atoms with Crippen molar-refractivity contribution in [2.45, 2.75) is 84.8 Å². The van der Waals surface area contributed by atoms with E-state index in [4.69, 9.17) is 0 Å². The van der Waals surface area contributed by atoms with Gasteiger partial charge in [0.15, 0.2) is 0 Å². The largest absolute Gasteiger partial charge is 0.390 e. The van der Waals surface area contributed by atoms with Gasteiger partial charge in [-0.15, -0.1) is 0 Å². The smallest absolute Gasteiger partial charge is 0.137 e. The molecular formula is C18H33N3O. The Bertz CT molecular complexity index is 418. The highest BCUT2D eigenvalue weighted by molar-refractivity contribution is 4.85. The Hall–Kier alpha value is -0.900. The second kappa shape index (κ2) is 7.58. The molecule has 1 aromatic heterocycles. The van der Waals surface area contributed by atoms with Gasteiger partial charge in [0.25, 0.3) is 0 Å². The Morgan fingerprint density at radius 3 is 2.45 bits per heavy atom. The van der Waals surface area contributed by atoms with Crippen LogP contribution in [-0.4, -0.2) is 26.0 Å². The van der Waals surface area contributed by atoms with Crippen LogP contribution >= 0.6 is 0 Å². The zero-order valence-corrected chi connectivity index (χ0v) is 14.7. The van der Waals surface area contributed by atoms with Gasteiger partial charge in [-0.05, 0) is 30.1 Å². The lowest BCUT2D eigenvalue weighted by Crippen LogP contribution is -2.37. The van der Waals surface area contributed by atoms with E-state index < -0.39 is 6.10 Å². The molecule has 0 aliphatic heterocycles. The number of aliphatic hydroxyl groups is 1. The average molecular weight is 307 g/mol. The van der Waals surface area contributed by atoms with Gasteiger partial charge in [-0.25, -0.2) is 9.67 Å². The number of rotatable bonds is 6. The first-order chi connectivity index (χ1) is 10.4. The van der Waals surface area contributed by atoms with Gasteiger partial charge < -0.3 is 5.11 Å². The van der Waals surface area contributed by atoms with Crippen LogP contribution in [-0.2, 0) is 0 Å². The number of hydrogen-bond acceptors (Lipinski definition) is 3. The molecule has 1 aromatic rings. The number of nitrogens with zero attached hydrogens (tertiary/aromatic N) is 3. The summed E-state index contributed by atoms with van der Waals surface area (Å²) in [5.41, 5.74) is -0.152.